The summed E-state index contributed by atoms with van der Waals surface area (Å²) in [7, 11) is 1.63. The first-order chi connectivity index (χ1) is 10.8. The zero-order valence-electron chi connectivity index (χ0n) is 11.9. The van der Waals surface area contributed by atoms with Crippen molar-refractivity contribution in [1.82, 2.24) is 10.1 Å². The molecule has 0 unspecified atom stereocenters. The van der Waals surface area contributed by atoms with Crippen molar-refractivity contribution >= 4 is 17.3 Å². The van der Waals surface area contributed by atoms with Gasteiger partial charge in [-0.05, 0) is 24.3 Å². The molecule has 0 atom stereocenters. The Morgan fingerprint density at radius 3 is 2.86 bits per heavy atom. The number of benzene rings is 2. The number of aromatic nitrogens is 2. The van der Waals surface area contributed by atoms with Crippen LogP contribution in [0.4, 0.5) is 5.69 Å². The molecule has 3 rings (SSSR count). The molecule has 2 aromatic carbocycles. The molecule has 112 valence electrons. The molecule has 0 radical (unpaired) electrons. The first-order valence-corrected chi connectivity index (χ1v) is 7.09. The molecule has 0 bridgehead atoms. The Morgan fingerprint density at radius 1 is 1.18 bits per heavy atom. The third-order valence-electron chi connectivity index (χ3n) is 3.09. The highest BCUT2D eigenvalue weighted by Crippen LogP contribution is 2.24. The molecule has 0 amide bonds. The number of para-hydroxylation sites is 2. The van der Waals surface area contributed by atoms with Crippen molar-refractivity contribution in [2.24, 2.45) is 0 Å². The minimum absolute atomic E-state index is 0.411. The van der Waals surface area contributed by atoms with E-state index < -0.39 is 0 Å². The van der Waals surface area contributed by atoms with Gasteiger partial charge in [0, 0.05) is 10.6 Å². The fraction of sp³-hybridized carbons (Fsp3) is 0.125. The third-order valence-corrected chi connectivity index (χ3v) is 3.32. The van der Waals surface area contributed by atoms with E-state index in [1.54, 1.807) is 19.2 Å². The van der Waals surface area contributed by atoms with Gasteiger partial charge < -0.3 is 14.6 Å². The average Bonchev–Trinajstić information content (AvgIpc) is 3.02. The molecule has 6 heteroatoms. The molecular formula is C16H14ClN3O2. The molecule has 0 fully saturated rings. The van der Waals surface area contributed by atoms with Crippen LogP contribution in [0.2, 0.25) is 5.02 Å². The summed E-state index contributed by atoms with van der Waals surface area (Å²) in [6.45, 7) is 0.411. The first kappa shape index (κ1) is 14.4. The summed E-state index contributed by atoms with van der Waals surface area (Å²) in [4.78, 5) is 4.35. The van der Waals surface area contributed by atoms with Gasteiger partial charge in [-0.25, -0.2) is 0 Å². The van der Waals surface area contributed by atoms with Crippen LogP contribution in [0.25, 0.3) is 11.4 Å². The van der Waals surface area contributed by atoms with Crippen LogP contribution < -0.4 is 10.1 Å². The smallest absolute Gasteiger partial charge is 0.246 e. The molecule has 0 spiro atoms. The van der Waals surface area contributed by atoms with Gasteiger partial charge in [-0.15, -0.1) is 0 Å². The van der Waals surface area contributed by atoms with Crippen LogP contribution in [-0.4, -0.2) is 17.3 Å². The minimum Gasteiger partial charge on any atom is -0.495 e. The van der Waals surface area contributed by atoms with Crippen molar-refractivity contribution in [3.63, 3.8) is 0 Å². The quantitative estimate of drug-likeness (QED) is 0.770. The molecule has 22 heavy (non-hydrogen) atoms. The lowest BCUT2D eigenvalue weighted by atomic mass is 10.2. The van der Waals surface area contributed by atoms with Gasteiger partial charge in [0.1, 0.15) is 5.75 Å². The number of hydrogen-bond donors (Lipinski definition) is 1. The monoisotopic (exact) mass is 315 g/mol. The molecule has 3 aromatic rings. The highest BCUT2D eigenvalue weighted by molar-refractivity contribution is 6.30. The maximum absolute atomic E-state index is 5.96. The van der Waals surface area contributed by atoms with E-state index in [-0.39, 0.29) is 0 Å². The number of rotatable bonds is 5. The Balaban J connectivity index is 1.72. The Kier molecular flexibility index (Phi) is 4.25. The Bertz CT molecular complexity index is 773. The minimum atomic E-state index is 0.411. The highest BCUT2D eigenvalue weighted by Gasteiger charge is 2.09. The molecule has 0 aliphatic carbocycles. The number of anilines is 1. The van der Waals surface area contributed by atoms with E-state index in [4.69, 9.17) is 20.9 Å². The predicted molar refractivity (Wildman–Crippen MR) is 85.1 cm³/mol. The van der Waals surface area contributed by atoms with Gasteiger partial charge in [0.15, 0.2) is 0 Å². The lowest BCUT2D eigenvalue weighted by Crippen LogP contribution is -2.01. The van der Waals surface area contributed by atoms with Crippen molar-refractivity contribution in [3.8, 4) is 17.1 Å². The third kappa shape index (κ3) is 3.20. The second kappa shape index (κ2) is 6.49. The largest absolute Gasteiger partial charge is 0.495 e. The van der Waals surface area contributed by atoms with Crippen molar-refractivity contribution < 1.29 is 9.26 Å². The summed E-state index contributed by atoms with van der Waals surface area (Å²) in [6.07, 6.45) is 0. The van der Waals surface area contributed by atoms with Crippen LogP contribution in [-0.2, 0) is 6.54 Å². The molecule has 1 heterocycles. The van der Waals surface area contributed by atoms with Crippen LogP contribution >= 0.6 is 11.6 Å². The zero-order chi connectivity index (χ0) is 15.4. The number of nitrogens with one attached hydrogen (secondary N) is 1. The topological polar surface area (TPSA) is 60.2 Å². The van der Waals surface area contributed by atoms with Crippen molar-refractivity contribution in [2.75, 3.05) is 12.4 Å². The van der Waals surface area contributed by atoms with E-state index in [9.17, 15) is 0 Å². The Morgan fingerprint density at radius 2 is 2.05 bits per heavy atom. The number of methoxy groups -OCH3 is 1. The second-order valence-electron chi connectivity index (χ2n) is 4.58. The van der Waals surface area contributed by atoms with E-state index in [0.29, 0.717) is 23.3 Å². The van der Waals surface area contributed by atoms with E-state index in [1.807, 2.05) is 36.4 Å². The fourth-order valence-electron chi connectivity index (χ4n) is 2.03. The summed E-state index contributed by atoms with van der Waals surface area (Å²) < 4.78 is 10.5. The van der Waals surface area contributed by atoms with E-state index in [0.717, 1.165) is 17.0 Å². The maximum Gasteiger partial charge on any atom is 0.246 e. The number of nitrogens with zero attached hydrogens (tertiary/aromatic N) is 2. The van der Waals surface area contributed by atoms with Crippen LogP contribution in [0, 0.1) is 0 Å². The summed E-state index contributed by atoms with van der Waals surface area (Å²) in [6, 6.07) is 15.0. The highest BCUT2D eigenvalue weighted by atomic mass is 35.5. The van der Waals surface area contributed by atoms with Gasteiger partial charge in [0.2, 0.25) is 11.7 Å². The molecule has 5 nitrogen and oxygen atoms in total. The Labute approximate surface area is 132 Å². The summed E-state index contributed by atoms with van der Waals surface area (Å²) in [5.41, 5.74) is 1.69. The molecular weight excluding hydrogens is 302 g/mol. The molecule has 1 N–H and O–H groups in total. The Hall–Kier alpha value is -2.53. The lowest BCUT2D eigenvalue weighted by molar-refractivity contribution is 0.383. The number of ether oxygens (including phenoxy) is 1. The van der Waals surface area contributed by atoms with Crippen LogP contribution in [0.15, 0.2) is 53.1 Å². The molecule has 1 aromatic heterocycles. The van der Waals surface area contributed by atoms with Gasteiger partial charge in [-0.1, -0.05) is 41.0 Å². The van der Waals surface area contributed by atoms with Gasteiger partial charge in [0.05, 0.1) is 19.3 Å². The van der Waals surface area contributed by atoms with Gasteiger partial charge in [-0.2, -0.15) is 4.98 Å². The molecule has 0 saturated heterocycles. The van der Waals surface area contributed by atoms with E-state index >= 15 is 0 Å². The maximum atomic E-state index is 5.96. The van der Waals surface area contributed by atoms with Crippen LogP contribution in [0.5, 0.6) is 5.75 Å². The number of halogens is 1. The summed E-state index contributed by atoms with van der Waals surface area (Å²) in [5, 5.41) is 7.81. The normalized spacial score (nSPS) is 10.5. The van der Waals surface area contributed by atoms with E-state index in [1.165, 1.54) is 0 Å². The van der Waals surface area contributed by atoms with Gasteiger partial charge >= 0.3 is 0 Å². The number of hydrogen-bond acceptors (Lipinski definition) is 5. The lowest BCUT2D eigenvalue weighted by Gasteiger charge is -2.08. The molecule has 0 aliphatic heterocycles. The predicted octanol–water partition coefficient (Wildman–Crippen LogP) is 4.01. The van der Waals surface area contributed by atoms with Crippen molar-refractivity contribution in [2.45, 2.75) is 6.54 Å². The zero-order valence-corrected chi connectivity index (χ0v) is 12.7. The van der Waals surface area contributed by atoms with Gasteiger partial charge in [-0.3, -0.25) is 0 Å². The molecule has 0 aliphatic rings. The standard InChI is InChI=1S/C16H14ClN3O2/c1-21-14-8-3-2-7-13(14)18-10-15-19-16(20-22-15)11-5-4-6-12(17)9-11/h2-9,18H,10H2,1H3. The summed E-state index contributed by atoms with van der Waals surface area (Å²) in [5.74, 6) is 1.76. The second-order valence-corrected chi connectivity index (χ2v) is 5.01. The van der Waals surface area contributed by atoms with Crippen molar-refractivity contribution in [3.05, 3.63) is 59.4 Å². The average molecular weight is 316 g/mol. The summed E-state index contributed by atoms with van der Waals surface area (Å²) >= 11 is 5.96. The van der Waals surface area contributed by atoms with Crippen molar-refractivity contribution in [1.29, 1.82) is 0 Å². The van der Waals surface area contributed by atoms with Crippen LogP contribution in [0.3, 0.4) is 0 Å². The SMILES string of the molecule is COc1ccccc1NCc1nc(-c2cccc(Cl)c2)no1. The first-order valence-electron chi connectivity index (χ1n) is 6.71. The molecule has 0 saturated carbocycles. The fourth-order valence-corrected chi connectivity index (χ4v) is 2.22. The van der Waals surface area contributed by atoms with Crippen LogP contribution in [0.1, 0.15) is 5.89 Å². The van der Waals surface area contributed by atoms with Gasteiger partial charge in [0.25, 0.3) is 0 Å². The van der Waals surface area contributed by atoms with E-state index in [2.05, 4.69) is 15.5 Å².